The minimum Gasteiger partial charge on any atom is -0.353 e. The average molecular weight is 267 g/mol. The first-order valence-corrected chi connectivity index (χ1v) is 6.81. The number of nitrogens with two attached hydrogens (primary N) is 1. The maximum Gasteiger partial charge on any atom is 0.224 e. The Labute approximate surface area is 113 Å². The lowest BCUT2D eigenvalue weighted by Gasteiger charge is -2.19. The lowest BCUT2D eigenvalue weighted by atomic mass is 10.0. The van der Waals surface area contributed by atoms with E-state index in [1.165, 1.54) is 0 Å². The lowest BCUT2D eigenvalue weighted by molar-refractivity contribution is -0.121. The largest absolute Gasteiger partial charge is 0.353 e. The second-order valence-electron chi connectivity index (χ2n) is 4.87. The fourth-order valence-electron chi connectivity index (χ4n) is 2.58. The van der Waals surface area contributed by atoms with Crippen LogP contribution in [0.25, 0.3) is 0 Å². The molecule has 18 heavy (non-hydrogen) atoms. The summed E-state index contributed by atoms with van der Waals surface area (Å²) in [6, 6.07) is 7.70. The van der Waals surface area contributed by atoms with E-state index in [0.29, 0.717) is 23.9 Å². The third-order valence-electron chi connectivity index (χ3n) is 3.62. The van der Waals surface area contributed by atoms with Gasteiger partial charge < -0.3 is 11.1 Å². The molecule has 1 amide bonds. The molecule has 1 aromatic carbocycles. The van der Waals surface area contributed by atoms with Crippen LogP contribution in [0.1, 0.15) is 24.8 Å². The number of carbonyl (C=O) groups is 1. The van der Waals surface area contributed by atoms with E-state index < -0.39 is 0 Å². The monoisotopic (exact) mass is 266 g/mol. The zero-order valence-electron chi connectivity index (χ0n) is 10.4. The predicted molar refractivity (Wildman–Crippen MR) is 73.5 cm³/mol. The number of nitrogens with one attached hydrogen (secondary N) is 1. The lowest BCUT2D eigenvalue weighted by Crippen LogP contribution is -2.40. The molecule has 2 rings (SSSR count). The van der Waals surface area contributed by atoms with Gasteiger partial charge in [0.1, 0.15) is 0 Å². The SMILES string of the molecule is NCC1CCCC1NC(=O)Cc1ccccc1Cl. The normalized spacial score (nSPS) is 23.0. The van der Waals surface area contributed by atoms with Crippen LogP contribution in [0.3, 0.4) is 0 Å². The molecule has 0 radical (unpaired) electrons. The molecule has 1 fully saturated rings. The summed E-state index contributed by atoms with van der Waals surface area (Å²) >= 11 is 6.04. The molecule has 1 aliphatic carbocycles. The molecule has 2 atom stereocenters. The Hall–Kier alpha value is -1.06. The van der Waals surface area contributed by atoms with Crippen LogP contribution in [0.5, 0.6) is 0 Å². The molecule has 98 valence electrons. The number of rotatable bonds is 4. The smallest absolute Gasteiger partial charge is 0.224 e. The molecular weight excluding hydrogens is 248 g/mol. The van der Waals surface area contributed by atoms with Crippen molar-refractivity contribution in [2.45, 2.75) is 31.7 Å². The highest BCUT2D eigenvalue weighted by molar-refractivity contribution is 6.31. The second kappa shape index (κ2) is 6.21. The van der Waals surface area contributed by atoms with Gasteiger partial charge in [-0.3, -0.25) is 4.79 Å². The van der Waals surface area contributed by atoms with Gasteiger partial charge in [0.05, 0.1) is 6.42 Å². The van der Waals surface area contributed by atoms with Gasteiger partial charge in [0.15, 0.2) is 0 Å². The minimum atomic E-state index is 0.0356. The maximum absolute atomic E-state index is 12.0. The van der Waals surface area contributed by atoms with Gasteiger partial charge in [0.25, 0.3) is 0 Å². The van der Waals surface area contributed by atoms with E-state index in [4.69, 9.17) is 17.3 Å². The minimum absolute atomic E-state index is 0.0356. The van der Waals surface area contributed by atoms with Gasteiger partial charge in [-0.15, -0.1) is 0 Å². The van der Waals surface area contributed by atoms with Crippen molar-refractivity contribution < 1.29 is 4.79 Å². The van der Waals surface area contributed by atoms with Crippen molar-refractivity contribution in [3.8, 4) is 0 Å². The fraction of sp³-hybridized carbons (Fsp3) is 0.500. The van der Waals surface area contributed by atoms with Crippen LogP contribution in [-0.2, 0) is 11.2 Å². The van der Waals surface area contributed by atoms with Crippen LogP contribution in [0.2, 0.25) is 5.02 Å². The van der Waals surface area contributed by atoms with Crippen molar-refractivity contribution in [3.05, 3.63) is 34.9 Å². The van der Waals surface area contributed by atoms with Crippen molar-refractivity contribution >= 4 is 17.5 Å². The molecule has 3 N–H and O–H groups in total. The van der Waals surface area contributed by atoms with Crippen LogP contribution in [0, 0.1) is 5.92 Å². The molecule has 0 aromatic heterocycles. The summed E-state index contributed by atoms with van der Waals surface area (Å²) in [7, 11) is 0. The third-order valence-corrected chi connectivity index (χ3v) is 3.99. The Morgan fingerprint density at radius 3 is 2.89 bits per heavy atom. The second-order valence-corrected chi connectivity index (χ2v) is 5.28. The highest BCUT2D eigenvalue weighted by atomic mass is 35.5. The van der Waals surface area contributed by atoms with Crippen LogP contribution in [-0.4, -0.2) is 18.5 Å². The van der Waals surface area contributed by atoms with Gasteiger partial charge in [-0.05, 0) is 36.9 Å². The number of halogens is 1. The van der Waals surface area contributed by atoms with Gasteiger partial charge in [0.2, 0.25) is 5.91 Å². The van der Waals surface area contributed by atoms with E-state index in [0.717, 1.165) is 24.8 Å². The van der Waals surface area contributed by atoms with Gasteiger partial charge in [-0.25, -0.2) is 0 Å². The molecule has 1 aromatic rings. The van der Waals surface area contributed by atoms with E-state index in [-0.39, 0.29) is 11.9 Å². The number of hydrogen-bond acceptors (Lipinski definition) is 2. The molecular formula is C14H19ClN2O. The molecule has 0 spiro atoms. The number of carbonyl (C=O) groups excluding carboxylic acids is 1. The van der Waals surface area contributed by atoms with Crippen LogP contribution >= 0.6 is 11.6 Å². The van der Waals surface area contributed by atoms with Crippen LogP contribution < -0.4 is 11.1 Å². The van der Waals surface area contributed by atoms with Crippen molar-refractivity contribution in [2.24, 2.45) is 11.7 Å². The molecule has 0 bridgehead atoms. The third kappa shape index (κ3) is 3.24. The quantitative estimate of drug-likeness (QED) is 0.877. The number of amides is 1. The first kappa shape index (κ1) is 13.4. The Balaban J connectivity index is 1.91. The van der Waals surface area contributed by atoms with E-state index in [1.807, 2.05) is 24.3 Å². The van der Waals surface area contributed by atoms with Crippen LogP contribution in [0.15, 0.2) is 24.3 Å². The molecule has 1 aliphatic rings. The van der Waals surface area contributed by atoms with Gasteiger partial charge >= 0.3 is 0 Å². The fourth-order valence-corrected chi connectivity index (χ4v) is 2.78. The summed E-state index contributed by atoms with van der Waals surface area (Å²) in [6.45, 7) is 0.650. The first-order chi connectivity index (χ1) is 8.70. The van der Waals surface area contributed by atoms with Crippen molar-refractivity contribution in [1.29, 1.82) is 0 Å². The van der Waals surface area contributed by atoms with E-state index in [2.05, 4.69) is 5.32 Å². The van der Waals surface area contributed by atoms with E-state index >= 15 is 0 Å². The van der Waals surface area contributed by atoms with Crippen molar-refractivity contribution in [1.82, 2.24) is 5.32 Å². The Kier molecular flexibility index (Phi) is 4.61. The number of benzene rings is 1. The molecule has 0 saturated heterocycles. The first-order valence-electron chi connectivity index (χ1n) is 6.43. The molecule has 0 aliphatic heterocycles. The maximum atomic E-state index is 12.0. The molecule has 0 heterocycles. The zero-order chi connectivity index (χ0) is 13.0. The van der Waals surface area contributed by atoms with Crippen molar-refractivity contribution in [2.75, 3.05) is 6.54 Å². The highest BCUT2D eigenvalue weighted by Crippen LogP contribution is 2.24. The predicted octanol–water partition coefficient (Wildman–Crippen LogP) is 2.13. The van der Waals surface area contributed by atoms with Gasteiger partial charge in [-0.2, -0.15) is 0 Å². The molecule has 2 unspecified atom stereocenters. The average Bonchev–Trinajstić information content (AvgIpc) is 2.79. The van der Waals surface area contributed by atoms with Gasteiger partial charge in [-0.1, -0.05) is 36.2 Å². The van der Waals surface area contributed by atoms with E-state index in [1.54, 1.807) is 0 Å². The number of hydrogen-bond donors (Lipinski definition) is 2. The molecule has 1 saturated carbocycles. The molecule has 3 nitrogen and oxygen atoms in total. The summed E-state index contributed by atoms with van der Waals surface area (Å²) in [6.07, 6.45) is 3.65. The Morgan fingerprint density at radius 2 is 2.17 bits per heavy atom. The summed E-state index contributed by atoms with van der Waals surface area (Å²) in [5.74, 6) is 0.466. The summed E-state index contributed by atoms with van der Waals surface area (Å²) in [4.78, 5) is 12.0. The van der Waals surface area contributed by atoms with E-state index in [9.17, 15) is 4.79 Å². The summed E-state index contributed by atoms with van der Waals surface area (Å²) in [5.41, 5.74) is 6.58. The standard InChI is InChI=1S/C14H19ClN2O/c15-12-6-2-1-4-10(12)8-14(18)17-13-7-3-5-11(13)9-16/h1-2,4,6,11,13H,3,5,7-9,16H2,(H,17,18). The zero-order valence-corrected chi connectivity index (χ0v) is 11.1. The van der Waals surface area contributed by atoms with Crippen LogP contribution in [0.4, 0.5) is 0 Å². The summed E-state index contributed by atoms with van der Waals surface area (Å²) in [5, 5.41) is 3.73. The molecule has 4 heteroatoms. The Bertz CT molecular complexity index is 422. The van der Waals surface area contributed by atoms with Gasteiger partial charge in [0, 0.05) is 11.1 Å². The van der Waals surface area contributed by atoms with Crippen molar-refractivity contribution in [3.63, 3.8) is 0 Å². The topological polar surface area (TPSA) is 55.1 Å². The Morgan fingerprint density at radius 1 is 1.39 bits per heavy atom. The highest BCUT2D eigenvalue weighted by Gasteiger charge is 2.27. The summed E-state index contributed by atoms with van der Waals surface area (Å²) < 4.78 is 0.